The molecule has 4 rings (SSSR count). The number of nitrogens with zero attached hydrogens (tertiary/aromatic N) is 3. The summed E-state index contributed by atoms with van der Waals surface area (Å²) in [6.07, 6.45) is 0. The lowest BCUT2D eigenvalue weighted by Gasteiger charge is -2.35. The first-order chi connectivity index (χ1) is 16.0. The molecule has 8 heteroatoms. The van der Waals surface area contributed by atoms with Gasteiger partial charge in [0.25, 0.3) is 11.8 Å². The maximum Gasteiger partial charge on any atom is 0.254 e. The van der Waals surface area contributed by atoms with Crippen molar-refractivity contribution in [2.24, 2.45) is 0 Å². The number of aromatic nitrogens is 1. The van der Waals surface area contributed by atoms with E-state index in [1.54, 1.807) is 65.4 Å². The summed E-state index contributed by atoms with van der Waals surface area (Å²) in [7, 11) is 1.57. The molecule has 2 amide bonds. The molecule has 0 N–H and O–H groups in total. The molecule has 0 aliphatic carbocycles. The summed E-state index contributed by atoms with van der Waals surface area (Å²) in [6.45, 7) is 6.03. The zero-order chi connectivity index (χ0) is 23.4. The van der Waals surface area contributed by atoms with Gasteiger partial charge in [-0.3, -0.25) is 9.59 Å². The normalized spacial score (nSPS) is 13.7. The lowest BCUT2D eigenvalue weighted by molar-refractivity contribution is 0.0535. The van der Waals surface area contributed by atoms with Crippen LogP contribution in [0.5, 0.6) is 11.5 Å². The fourth-order valence-electron chi connectivity index (χ4n) is 3.79. The lowest BCUT2D eigenvalue weighted by Crippen LogP contribution is -2.50. The summed E-state index contributed by atoms with van der Waals surface area (Å²) < 4.78 is 16.2. The fourth-order valence-corrected chi connectivity index (χ4v) is 3.79. The van der Waals surface area contributed by atoms with Gasteiger partial charge in [0.15, 0.2) is 0 Å². The van der Waals surface area contributed by atoms with Crippen LogP contribution >= 0.6 is 0 Å². The molecule has 1 aromatic heterocycles. The lowest BCUT2D eigenvalue weighted by atomic mass is 10.1. The molecule has 0 radical (unpaired) electrons. The predicted octanol–water partition coefficient (Wildman–Crippen LogP) is 3.48. The quantitative estimate of drug-likeness (QED) is 0.573. The number of aryl methyl sites for hydroxylation is 2. The Kier molecular flexibility index (Phi) is 6.63. The van der Waals surface area contributed by atoms with E-state index >= 15 is 0 Å². The topological polar surface area (TPSA) is 85.1 Å². The highest BCUT2D eigenvalue weighted by Gasteiger charge is 2.25. The molecule has 33 heavy (non-hydrogen) atoms. The summed E-state index contributed by atoms with van der Waals surface area (Å²) in [5.74, 6) is 1.94. The van der Waals surface area contributed by atoms with Crippen molar-refractivity contribution in [3.05, 3.63) is 76.7 Å². The van der Waals surface area contributed by atoms with E-state index in [4.69, 9.17) is 14.0 Å². The minimum atomic E-state index is -0.0549. The van der Waals surface area contributed by atoms with Crippen LogP contribution in [0.3, 0.4) is 0 Å². The average Bonchev–Trinajstić information content (AvgIpc) is 3.19. The van der Waals surface area contributed by atoms with Crippen LogP contribution in [-0.2, 0) is 6.61 Å². The molecule has 0 spiro atoms. The first kappa shape index (κ1) is 22.4. The summed E-state index contributed by atoms with van der Waals surface area (Å²) in [4.78, 5) is 29.2. The first-order valence-corrected chi connectivity index (χ1v) is 10.8. The molecule has 0 bridgehead atoms. The van der Waals surface area contributed by atoms with Crippen molar-refractivity contribution in [2.75, 3.05) is 33.3 Å². The third-order valence-corrected chi connectivity index (χ3v) is 5.84. The summed E-state index contributed by atoms with van der Waals surface area (Å²) in [5.41, 5.74) is 2.91. The molecule has 8 nitrogen and oxygen atoms in total. The standard InChI is InChI=1S/C25H27N3O5/c1-17-23(18(2)33-26-17)16-32-21-9-7-19(8-10-21)24(29)27-11-13-28(14-12-27)25(30)20-5-4-6-22(15-20)31-3/h4-10,15H,11-14,16H2,1-3H3. The molecule has 0 unspecified atom stereocenters. The van der Waals surface area contributed by atoms with Crippen LogP contribution in [0, 0.1) is 13.8 Å². The van der Waals surface area contributed by atoms with E-state index in [0.717, 1.165) is 17.0 Å². The Labute approximate surface area is 192 Å². The number of piperazine rings is 1. The molecule has 3 aromatic rings. The van der Waals surface area contributed by atoms with Gasteiger partial charge in [-0.1, -0.05) is 11.2 Å². The molecular weight excluding hydrogens is 422 g/mol. The number of hydrogen-bond donors (Lipinski definition) is 0. The zero-order valence-corrected chi connectivity index (χ0v) is 19.0. The van der Waals surface area contributed by atoms with E-state index in [1.807, 2.05) is 13.8 Å². The zero-order valence-electron chi connectivity index (χ0n) is 19.0. The van der Waals surface area contributed by atoms with Crippen LogP contribution < -0.4 is 9.47 Å². The van der Waals surface area contributed by atoms with Crippen molar-refractivity contribution in [2.45, 2.75) is 20.5 Å². The number of ether oxygens (including phenoxy) is 2. The third kappa shape index (κ3) is 5.00. The Morgan fingerprint density at radius 3 is 2.12 bits per heavy atom. The number of methoxy groups -OCH3 is 1. The maximum atomic E-state index is 12.9. The van der Waals surface area contributed by atoms with Crippen LogP contribution in [0.15, 0.2) is 53.1 Å². The van der Waals surface area contributed by atoms with Crippen molar-refractivity contribution in [3.63, 3.8) is 0 Å². The van der Waals surface area contributed by atoms with E-state index in [9.17, 15) is 9.59 Å². The van der Waals surface area contributed by atoms with Crippen molar-refractivity contribution >= 4 is 11.8 Å². The van der Waals surface area contributed by atoms with Crippen LogP contribution in [0.1, 0.15) is 37.7 Å². The number of amides is 2. The Morgan fingerprint density at radius 2 is 1.55 bits per heavy atom. The van der Waals surface area contributed by atoms with Gasteiger partial charge < -0.3 is 23.8 Å². The number of carbonyl (C=O) groups excluding carboxylic acids is 2. The first-order valence-electron chi connectivity index (χ1n) is 10.8. The van der Waals surface area contributed by atoms with Crippen molar-refractivity contribution < 1.29 is 23.6 Å². The van der Waals surface area contributed by atoms with Gasteiger partial charge in [0.1, 0.15) is 23.9 Å². The van der Waals surface area contributed by atoms with Gasteiger partial charge in [0.2, 0.25) is 0 Å². The van der Waals surface area contributed by atoms with Gasteiger partial charge in [-0.25, -0.2) is 0 Å². The largest absolute Gasteiger partial charge is 0.497 e. The summed E-state index contributed by atoms with van der Waals surface area (Å²) in [6, 6.07) is 14.2. The van der Waals surface area contributed by atoms with Gasteiger partial charge in [0.05, 0.1) is 18.4 Å². The van der Waals surface area contributed by atoms with E-state index in [2.05, 4.69) is 5.16 Å². The second-order valence-corrected chi connectivity index (χ2v) is 7.93. The van der Waals surface area contributed by atoms with Crippen LogP contribution in [0.2, 0.25) is 0 Å². The molecule has 1 aliphatic heterocycles. The molecule has 0 saturated carbocycles. The van der Waals surface area contributed by atoms with Gasteiger partial charge >= 0.3 is 0 Å². The molecule has 172 valence electrons. The number of carbonyl (C=O) groups is 2. The molecule has 1 fully saturated rings. The summed E-state index contributed by atoms with van der Waals surface area (Å²) >= 11 is 0. The Bertz CT molecular complexity index is 1110. The van der Waals surface area contributed by atoms with Gasteiger partial charge in [0, 0.05) is 37.3 Å². The minimum absolute atomic E-state index is 0.0548. The Hall–Kier alpha value is -3.81. The van der Waals surface area contributed by atoms with E-state index < -0.39 is 0 Å². The predicted molar refractivity (Wildman–Crippen MR) is 122 cm³/mol. The molecule has 2 aromatic carbocycles. The van der Waals surface area contributed by atoms with Crippen LogP contribution in [0.4, 0.5) is 0 Å². The highest BCUT2D eigenvalue weighted by Crippen LogP contribution is 2.20. The minimum Gasteiger partial charge on any atom is -0.497 e. The highest BCUT2D eigenvalue weighted by molar-refractivity contribution is 5.96. The van der Waals surface area contributed by atoms with E-state index in [1.165, 1.54) is 0 Å². The monoisotopic (exact) mass is 449 g/mol. The number of hydrogen-bond acceptors (Lipinski definition) is 6. The van der Waals surface area contributed by atoms with E-state index in [-0.39, 0.29) is 11.8 Å². The Balaban J connectivity index is 1.31. The second-order valence-electron chi connectivity index (χ2n) is 7.93. The van der Waals surface area contributed by atoms with Crippen molar-refractivity contribution in [3.8, 4) is 11.5 Å². The van der Waals surface area contributed by atoms with Gasteiger partial charge in [-0.2, -0.15) is 0 Å². The van der Waals surface area contributed by atoms with Crippen LogP contribution in [-0.4, -0.2) is 60.1 Å². The molecule has 1 aliphatic rings. The van der Waals surface area contributed by atoms with Gasteiger partial charge in [-0.05, 0) is 56.3 Å². The maximum absolute atomic E-state index is 12.9. The third-order valence-electron chi connectivity index (χ3n) is 5.84. The molecule has 0 atom stereocenters. The fraction of sp³-hybridized carbons (Fsp3) is 0.320. The smallest absolute Gasteiger partial charge is 0.254 e. The van der Waals surface area contributed by atoms with E-state index in [0.29, 0.717) is 55.4 Å². The Morgan fingerprint density at radius 1 is 0.909 bits per heavy atom. The molecule has 1 saturated heterocycles. The van der Waals surface area contributed by atoms with Crippen LogP contribution in [0.25, 0.3) is 0 Å². The average molecular weight is 450 g/mol. The summed E-state index contributed by atoms with van der Waals surface area (Å²) in [5, 5.41) is 3.92. The molecule has 2 heterocycles. The molecular formula is C25H27N3O5. The van der Waals surface area contributed by atoms with Crippen molar-refractivity contribution in [1.82, 2.24) is 15.0 Å². The second kappa shape index (κ2) is 9.77. The SMILES string of the molecule is COc1cccc(C(=O)N2CCN(C(=O)c3ccc(OCc4c(C)noc4C)cc3)CC2)c1. The number of benzene rings is 2. The number of rotatable bonds is 6. The highest BCUT2D eigenvalue weighted by atomic mass is 16.5. The van der Waals surface area contributed by atoms with Crippen molar-refractivity contribution in [1.29, 1.82) is 0 Å². The van der Waals surface area contributed by atoms with Gasteiger partial charge in [-0.15, -0.1) is 0 Å².